The van der Waals surface area contributed by atoms with E-state index >= 15 is 0 Å². The zero-order chi connectivity index (χ0) is 20.1. The van der Waals surface area contributed by atoms with Crippen molar-refractivity contribution in [3.05, 3.63) is 59.7 Å². The fourth-order valence-electron chi connectivity index (χ4n) is 4.06. The molecular formula is C24H27NO4. The molecule has 0 spiro atoms. The first-order chi connectivity index (χ1) is 14.2. The van der Waals surface area contributed by atoms with Gasteiger partial charge in [0.05, 0.1) is 7.11 Å². The van der Waals surface area contributed by atoms with Crippen molar-refractivity contribution in [2.75, 3.05) is 26.9 Å². The van der Waals surface area contributed by atoms with Crippen LogP contribution in [0.1, 0.15) is 30.4 Å². The fourth-order valence-corrected chi connectivity index (χ4v) is 4.06. The standard InChI is InChI=1S/C24H27NO4/c1-27-21-16-19(17-22-24(21)29-15-14-28-22)10-12-23(26)25-13-5-8-20(25)11-9-18-6-3-2-4-7-18/h2-4,6-7,10,12,16-17,20H,5,8-9,11,13-15H2,1H3. The Labute approximate surface area is 171 Å². The summed E-state index contributed by atoms with van der Waals surface area (Å²) in [5, 5.41) is 0. The van der Waals surface area contributed by atoms with Crippen molar-refractivity contribution >= 4 is 12.0 Å². The third-order valence-corrected chi connectivity index (χ3v) is 5.54. The molecule has 1 fully saturated rings. The molecule has 1 atom stereocenters. The van der Waals surface area contributed by atoms with Crippen LogP contribution in [-0.2, 0) is 11.2 Å². The van der Waals surface area contributed by atoms with Crippen LogP contribution in [0.4, 0.5) is 0 Å². The molecular weight excluding hydrogens is 366 g/mol. The first-order valence-corrected chi connectivity index (χ1v) is 10.2. The van der Waals surface area contributed by atoms with Crippen molar-refractivity contribution in [2.24, 2.45) is 0 Å². The second-order valence-corrected chi connectivity index (χ2v) is 7.43. The average Bonchev–Trinajstić information content (AvgIpc) is 3.25. The van der Waals surface area contributed by atoms with Gasteiger partial charge in [-0.2, -0.15) is 0 Å². The maximum absolute atomic E-state index is 12.8. The molecule has 0 radical (unpaired) electrons. The minimum Gasteiger partial charge on any atom is -0.493 e. The van der Waals surface area contributed by atoms with Crippen molar-refractivity contribution in [2.45, 2.75) is 31.7 Å². The second-order valence-electron chi connectivity index (χ2n) is 7.43. The minimum absolute atomic E-state index is 0.0643. The highest BCUT2D eigenvalue weighted by Gasteiger charge is 2.27. The highest BCUT2D eigenvalue weighted by atomic mass is 16.6. The monoisotopic (exact) mass is 393 g/mol. The molecule has 29 heavy (non-hydrogen) atoms. The number of carbonyl (C=O) groups excluding carboxylic acids is 1. The fraction of sp³-hybridized carbons (Fsp3) is 0.375. The lowest BCUT2D eigenvalue weighted by Gasteiger charge is -2.23. The van der Waals surface area contributed by atoms with Gasteiger partial charge in [-0.1, -0.05) is 30.3 Å². The lowest BCUT2D eigenvalue weighted by molar-refractivity contribution is -0.126. The summed E-state index contributed by atoms with van der Waals surface area (Å²) < 4.78 is 16.7. The number of amides is 1. The van der Waals surface area contributed by atoms with Crippen molar-refractivity contribution in [3.63, 3.8) is 0 Å². The van der Waals surface area contributed by atoms with Gasteiger partial charge in [-0.25, -0.2) is 0 Å². The molecule has 5 heteroatoms. The van der Waals surface area contributed by atoms with Gasteiger partial charge in [0.15, 0.2) is 11.5 Å². The summed E-state index contributed by atoms with van der Waals surface area (Å²) in [5.74, 6) is 1.97. The number of carbonyl (C=O) groups is 1. The normalized spacial score (nSPS) is 18.2. The van der Waals surface area contributed by atoms with Crippen LogP contribution in [0.15, 0.2) is 48.5 Å². The number of rotatable bonds is 6. The average molecular weight is 393 g/mol. The summed E-state index contributed by atoms with van der Waals surface area (Å²) in [6, 6.07) is 14.5. The molecule has 4 rings (SSSR count). The highest BCUT2D eigenvalue weighted by Crippen LogP contribution is 2.40. The molecule has 2 aliphatic heterocycles. The molecule has 0 aromatic heterocycles. The van der Waals surface area contributed by atoms with Gasteiger partial charge in [-0.05, 0) is 55.0 Å². The zero-order valence-corrected chi connectivity index (χ0v) is 16.8. The van der Waals surface area contributed by atoms with E-state index in [4.69, 9.17) is 14.2 Å². The maximum atomic E-state index is 12.8. The third kappa shape index (κ3) is 4.56. The number of benzene rings is 2. The molecule has 0 bridgehead atoms. The molecule has 1 amide bonds. The van der Waals surface area contributed by atoms with Gasteiger partial charge < -0.3 is 19.1 Å². The van der Waals surface area contributed by atoms with Gasteiger partial charge >= 0.3 is 0 Å². The largest absolute Gasteiger partial charge is 0.493 e. The number of aryl methyl sites for hydroxylation is 1. The van der Waals surface area contributed by atoms with Gasteiger partial charge in [0.1, 0.15) is 13.2 Å². The van der Waals surface area contributed by atoms with E-state index in [9.17, 15) is 4.79 Å². The van der Waals surface area contributed by atoms with E-state index in [0.29, 0.717) is 36.5 Å². The lowest BCUT2D eigenvalue weighted by Crippen LogP contribution is -2.34. The van der Waals surface area contributed by atoms with E-state index < -0.39 is 0 Å². The highest BCUT2D eigenvalue weighted by molar-refractivity contribution is 5.92. The molecule has 2 aliphatic rings. The van der Waals surface area contributed by atoms with Gasteiger partial charge in [-0.3, -0.25) is 4.79 Å². The quantitative estimate of drug-likeness (QED) is 0.693. The number of ether oxygens (including phenoxy) is 3. The molecule has 1 unspecified atom stereocenters. The van der Waals surface area contributed by atoms with Crippen molar-refractivity contribution in [1.82, 2.24) is 4.90 Å². The van der Waals surface area contributed by atoms with Gasteiger partial charge in [0, 0.05) is 18.7 Å². The maximum Gasteiger partial charge on any atom is 0.246 e. The van der Waals surface area contributed by atoms with Gasteiger partial charge in [-0.15, -0.1) is 0 Å². The van der Waals surface area contributed by atoms with Crippen LogP contribution < -0.4 is 14.2 Å². The topological polar surface area (TPSA) is 48.0 Å². The molecule has 0 N–H and O–H groups in total. The van der Waals surface area contributed by atoms with E-state index in [1.807, 2.05) is 29.2 Å². The number of fused-ring (bicyclic) bond motifs is 1. The number of likely N-dealkylation sites (tertiary alicyclic amines) is 1. The number of nitrogens with zero attached hydrogens (tertiary/aromatic N) is 1. The summed E-state index contributed by atoms with van der Waals surface area (Å²) >= 11 is 0. The van der Waals surface area contributed by atoms with Gasteiger partial charge in [0.2, 0.25) is 11.7 Å². The Morgan fingerprint density at radius 1 is 1.21 bits per heavy atom. The van der Waals surface area contributed by atoms with Crippen molar-refractivity contribution in [3.8, 4) is 17.2 Å². The number of hydrogen-bond acceptors (Lipinski definition) is 4. The summed E-state index contributed by atoms with van der Waals surface area (Å²) in [4.78, 5) is 14.8. The molecule has 2 heterocycles. The van der Waals surface area contributed by atoms with E-state index in [1.54, 1.807) is 13.2 Å². The Bertz CT molecular complexity index is 861. The molecule has 1 saturated heterocycles. The predicted molar refractivity (Wildman–Crippen MR) is 113 cm³/mol. The molecule has 2 aromatic carbocycles. The zero-order valence-electron chi connectivity index (χ0n) is 16.8. The molecule has 5 nitrogen and oxygen atoms in total. The molecule has 0 saturated carbocycles. The van der Waals surface area contributed by atoms with Crippen LogP contribution in [0.5, 0.6) is 17.2 Å². The van der Waals surface area contributed by atoms with Crippen LogP contribution in [0, 0.1) is 0 Å². The van der Waals surface area contributed by atoms with E-state index in [-0.39, 0.29) is 5.91 Å². The van der Waals surface area contributed by atoms with Crippen LogP contribution in [0.2, 0.25) is 0 Å². The Kier molecular flexibility index (Phi) is 6.03. The smallest absolute Gasteiger partial charge is 0.246 e. The van der Waals surface area contributed by atoms with E-state index in [0.717, 1.165) is 37.8 Å². The Morgan fingerprint density at radius 2 is 2.03 bits per heavy atom. The first kappa shape index (κ1) is 19.4. The summed E-state index contributed by atoms with van der Waals surface area (Å²) in [6.45, 7) is 1.85. The van der Waals surface area contributed by atoms with E-state index in [2.05, 4.69) is 24.3 Å². The first-order valence-electron chi connectivity index (χ1n) is 10.2. The predicted octanol–water partition coefficient (Wildman–Crippen LogP) is 4.10. The van der Waals surface area contributed by atoms with Crippen molar-refractivity contribution in [1.29, 1.82) is 0 Å². The number of methoxy groups -OCH3 is 1. The summed E-state index contributed by atoms with van der Waals surface area (Å²) in [7, 11) is 1.60. The molecule has 0 aliphatic carbocycles. The third-order valence-electron chi connectivity index (χ3n) is 5.54. The number of hydrogen-bond donors (Lipinski definition) is 0. The summed E-state index contributed by atoms with van der Waals surface area (Å²) in [5.41, 5.74) is 2.19. The van der Waals surface area contributed by atoms with E-state index in [1.165, 1.54) is 5.56 Å². The Balaban J connectivity index is 1.42. The molecule has 2 aromatic rings. The van der Waals surface area contributed by atoms with Crippen LogP contribution >= 0.6 is 0 Å². The van der Waals surface area contributed by atoms with Gasteiger partial charge in [0.25, 0.3) is 0 Å². The van der Waals surface area contributed by atoms with Crippen LogP contribution in [-0.4, -0.2) is 43.7 Å². The lowest BCUT2D eigenvalue weighted by atomic mass is 10.0. The van der Waals surface area contributed by atoms with Crippen molar-refractivity contribution < 1.29 is 19.0 Å². The molecule has 152 valence electrons. The van der Waals surface area contributed by atoms with Crippen LogP contribution in [0.3, 0.4) is 0 Å². The second kappa shape index (κ2) is 9.03. The SMILES string of the molecule is COc1cc(C=CC(=O)N2CCCC2CCc2ccccc2)cc2c1OCCO2. The minimum atomic E-state index is 0.0643. The Hall–Kier alpha value is -2.95. The van der Waals surface area contributed by atoms with Crippen LogP contribution in [0.25, 0.3) is 6.08 Å². The summed E-state index contributed by atoms with van der Waals surface area (Å²) in [6.07, 6.45) is 7.63. The Morgan fingerprint density at radius 3 is 2.86 bits per heavy atom.